The minimum absolute atomic E-state index is 0.656. The molecule has 0 radical (unpaired) electrons. The molecule has 0 bridgehead atoms. The van der Waals surface area contributed by atoms with Gasteiger partial charge < -0.3 is 4.74 Å². The minimum atomic E-state index is -2.78. The van der Waals surface area contributed by atoms with Crippen LogP contribution >= 0.6 is 7.29 Å². The molecule has 124 valence electrons. The predicted octanol–water partition coefficient (Wildman–Crippen LogP) is 5.63. The van der Waals surface area contributed by atoms with Gasteiger partial charge in [0.15, 0.2) is 7.29 Å². The molecular weight excluding hydrogens is 317 g/mol. The highest BCUT2D eigenvalue weighted by atomic mass is 31.2. The van der Waals surface area contributed by atoms with Crippen LogP contribution in [0.1, 0.15) is 24.5 Å². The molecule has 0 spiro atoms. The van der Waals surface area contributed by atoms with Crippen molar-refractivity contribution >= 4 is 18.8 Å². The van der Waals surface area contributed by atoms with Crippen molar-refractivity contribution in [1.82, 2.24) is 4.67 Å². The van der Waals surface area contributed by atoms with E-state index in [1.54, 1.807) is 11.6 Å². The number of rotatable bonds is 5. The van der Waals surface area contributed by atoms with Crippen LogP contribution in [0.3, 0.4) is 0 Å². The van der Waals surface area contributed by atoms with Gasteiger partial charge in [0.2, 0.25) is 0 Å². The number of nitrogens with zero attached hydrogens (tertiary/aromatic N) is 1. The molecule has 0 atom stereocenters. The lowest BCUT2D eigenvalue weighted by Gasteiger charge is -2.28. The Morgan fingerprint density at radius 3 is 1.75 bits per heavy atom. The molecule has 2 aromatic carbocycles. The normalized spacial score (nSPS) is 16.3. The maximum Gasteiger partial charge on any atom is 0.200 e. The second kappa shape index (κ2) is 7.21. The highest BCUT2D eigenvalue weighted by Crippen LogP contribution is 2.58. The lowest BCUT2D eigenvalue weighted by atomic mass is 10.2. The summed E-state index contributed by atoms with van der Waals surface area (Å²) in [7, 11) is -0.869. The summed E-state index contributed by atoms with van der Waals surface area (Å²) < 4.78 is 21.6. The van der Waals surface area contributed by atoms with Crippen molar-refractivity contribution in [3.8, 4) is 0 Å². The highest BCUT2D eigenvalue weighted by molar-refractivity contribution is 7.68. The largest absolute Gasteiger partial charge is 0.456 e. The van der Waals surface area contributed by atoms with Gasteiger partial charge in [-0.25, -0.2) is 4.67 Å². The Morgan fingerprint density at radius 1 is 0.875 bits per heavy atom. The van der Waals surface area contributed by atoms with Crippen LogP contribution < -0.4 is 0 Å². The van der Waals surface area contributed by atoms with Crippen molar-refractivity contribution in [3.63, 3.8) is 0 Å². The molecule has 4 heteroatoms. The molecule has 1 heterocycles. The Hall–Kier alpha value is -2.09. The average molecular weight is 339 g/mol. The van der Waals surface area contributed by atoms with Crippen molar-refractivity contribution in [2.75, 3.05) is 13.6 Å². The Labute approximate surface area is 143 Å². The Kier molecular flexibility index (Phi) is 5.03. The summed E-state index contributed by atoms with van der Waals surface area (Å²) in [5.74, 6) is 4.88. The molecule has 3 rings (SSSR count). The zero-order chi connectivity index (χ0) is 17.0. The second-order valence-electron chi connectivity index (χ2n) is 5.87. The summed E-state index contributed by atoms with van der Waals surface area (Å²) in [5, 5.41) is 0. The van der Waals surface area contributed by atoms with Crippen LogP contribution in [0.25, 0.3) is 11.5 Å². The topological polar surface area (TPSA) is 29.5 Å². The summed E-state index contributed by atoms with van der Waals surface area (Å²) in [6.45, 7) is 2.86. The SMILES string of the molecule is CCCN(C)P1(=O)C=C(c2ccccc2)OC(c2ccccc2)=C1. The Morgan fingerprint density at radius 2 is 1.33 bits per heavy atom. The highest BCUT2D eigenvalue weighted by Gasteiger charge is 2.30. The van der Waals surface area contributed by atoms with Crippen molar-refractivity contribution in [3.05, 3.63) is 83.4 Å². The van der Waals surface area contributed by atoms with Crippen LogP contribution in [0.4, 0.5) is 0 Å². The number of hydrogen-bond donors (Lipinski definition) is 0. The molecule has 0 saturated carbocycles. The first-order chi connectivity index (χ1) is 11.6. The van der Waals surface area contributed by atoms with Crippen LogP contribution in [0, 0.1) is 0 Å². The number of ether oxygens (including phenoxy) is 1. The van der Waals surface area contributed by atoms with Gasteiger partial charge in [0.1, 0.15) is 11.5 Å². The summed E-state index contributed by atoms with van der Waals surface area (Å²) in [6, 6.07) is 19.7. The maximum atomic E-state index is 13.6. The minimum Gasteiger partial charge on any atom is -0.456 e. The molecule has 2 aromatic rings. The monoisotopic (exact) mass is 339 g/mol. The molecule has 0 fully saturated rings. The van der Waals surface area contributed by atoms with Gasteiger partial charge in [0.25, 0.3) is 0 Å². The van der Waals surface area contributed by atoms with Gasteiger partial charge in [-0.15, -0.1) is 0 Å². The van der Waals surface area contributed by atoms with Gasteiger partial charge in [0, 0.05) is 29.3 Å². The van der Waals surface area contributed by atoms with E-state index >= 15 is 0 Å². The Balaban J connectivity index is 2.06. The lowest BCUT2D eigenvalue weighted by molar-refractivity contribution is 0.454. The third kappa shape index (κ3) is 3.53. The van der Waals surface area contributed by atoms with E-state index in [1.165, 1.54) is 0 Å². The standard InChI is InChI=1S/C20H22NO2P/c1-3-14-21(2)24(22)15-19(17-10-6-4-7-11-17)23-20(16-24)18-12-8-5-9-13-18/h4-13,15-16H,3,14H2,1-2H3. The van der Waals surface area contributed by atoms with Crippen LogP contribution in [0.5, 0.6) is 0 Å². The van der Waals surface area contributed by atoms with E-state index in [1.807, 2.05) is 72.4 Å². The van der Waals surface area contributed by atoms with Gasteiger partial charge in [0.05, 0.1) is 0 Å². The molecule has 0 aromatic heterocycles. The average Bonchev–Trinajstić information content (AvgIpc) is 2.63. The molecular formula is C20H22NO2P. The number of hydrogen-bond acceptors (Lipinski definition) is 2. The fourth-order valence-corrected chi connectivity index (χ4v) is 4.75. The summed E-state index contributed by atoms with van der Waals surface area (Å²) in [6.07, 6.45) is 0.949. The molecule has 0 unspecified atom stereocenters. The zero-order valence-corrected chi connectivity index (χ0v) is 14.9. The van der Waals surface area contributed by atoms with Gasteiger partial charge >= 0.3 is 0 Å². The van der Waals surface area contributed by atoms with Gasteiger partial charge in [-0.05, 0) is 13.5 Å². The maximum absolute atomic E-state index is 13.6. The Bertz CT molecular complexity index is 737. The smallest absolute Gasteiger partial charge is 0.200 e. The first kappa shape index (κ1) is 16.8. The van der Waals surface area contributed by atoms with E-state index in [0.717, 1.165) is 24.1 Å². The molecule has 0 N–H and O–H groups in total. The van der Waals surface area contributed by atoms with E-state index in [9.17, 15) is 4.57 Å². The fourth-order valence-electron chi connectivity index (χ4n) is 2.69. The molecule has 0 saturated heterocycles. The third-order valence-electron chi connectivity index (χ3n) is 4.02. The predicted molar refractivity (Wildman–Crippen MR) is 100 cm³/mol. The van der Waals surface area contributed by atoms with E-state index in [0.29, 0.717) is 11.5 Å². The molecule has 3 nitrogen and oxygen atoms in total. The summed E-state index contributed by atoms with van der Waals surface area (Å²) >= 11 is 0. The molecule has 0 amide bonds. The summed E-state index contributed by atoms with van der Waals surface area (Å²) in [5.41, 5.74) is 1.87. The fraction of sp³-hybridized carbons (Fsp3) is 0.200. The van der Waals surface area contributed by atoms with Crippen LogP contribution in [-0.4, -0.2) is 18.3 Å². The third-order valence-corrected chi connectivity index (χ3v) is 6.50. The van der Waals surface area contributed by atoms with Gasteiger partial charge in [-0.2, -0.15) is 0 Å². The summed E-state index contributed by atoms with van der Waals surface area (Å²) in [4.78, 5) is 0. The van der Waals surface area contributed by atoms with E-state index in [4.69, 9.17) is 4.74 Å². The molecule has 0 aliphatic carbocycles. The second-order valence-corrected chi connectivity index (χ2v) is 8.42. The van der Waals surface area contributed by atoms with Gasteiger partial charge in [-0.3, -0.25) is 4.57 Å². The first-order valence-electron chi connectivity index (χ1n) is 8.18. The molecule has 24 heavy (non-hydrogen) atoms. The molecule has 1 aliphatic rings. The quantitative estimate of drug-likeness (QED) is 0.661. The van der Waals surface area contributed by atoms with Crippen molar-refractivity contribution in [2.24, 2.45) is 0 Å². The van der Waals surface area contributed by atoms with E-state index < -0.39 is 7.29 Å². The van der Waals surface area contributed by atoms with E-state index in [-0.39, 0.29) is 0 Å². The van der Waals surface area contributed by atoms with Crippen LogP contribution in [-0.2, 0) is 9.30 Å². The van der Waals surface area contributed by atoms with Crippen LogP contribution in [0.15, 0.2) is 72.3 Å². The van der Waals surface area contributed by atoms with Crippen LogP contribution in [0.2, 0.25) is 0 Å². The van der Waals surface area contributed by atoms with Crippen molar-refractivity contribution in [2.45, 2.75) is 13.3 Å². The zero-order valence-electron chi connectivity index (χ0n) is 14.1. The van der Waals surface area contributed by atoms with Crippen molar-refractivity contribution in [1.29, 1.82) is 0 Å². The van der Waals surface area contributed by atoms with Gasteiger partial charge in [-0.1, -0.05) is 67.6 Å². The first-order valence-corrected chi connectivity index (χ1v) is 9.97. The number of benzene rings is 2. The van der Waals surface area contributed by atoms with Crippen molar-refractivity contribution < 1.29 is 9.30 Å². The lowest BCUT2D eigenvalue weighted by Crippen LogP contribution is -2.16. The van der Waals surface area contributed by atoms with E-state index in [2.05, 4.69) is 6.92 Å². The molecule has 1 aliphatic heterocycles.